The van der Waals surface area contributed by atoms with Gasteiger partial charge in [0.05, 0.1) is 0 Å². The average molecular weight is 223 g/mol. The first kappa shape index (κ1) is 12.6. The number of hydrogen-bond donors (Lipinski definition) is 1. The van der Waals surface area contributed by atoms with Gasteiger partial charge in [0.25, 0.3) is 0 Å². The summed E-state index contributed by atoms with van der Waals surface area (Å²) in [7, 11) is 0. The summed E-state index contributed by atoms with van der Waals surface area (Å²) >= 11 is 2.01. The molecule has 0 aliphatic heterocycles. The lowest BCUT2D eigenvalue weighted by molar-refractivity contribution is 0.651. The summed E-state index contributed by atoms with van der Waals surface area (Å²) < 4.78 is 0. The molecule has 1 rings (SSSR count). The highest BCUT2D eigenvalue weighted by Gasteiger charge is 2.03. The van der Waals surface area contributed by atoms with Crippen molar-refractivity contribution in [3.05, 3.63) is 35.9 Å². The smallest absolute Gasteiger partial charge is 0.00871 e. The Bertz CT molecular complexity index is 248. The lowest BCUT2D eigenvalue weighted by atomic mass is 10.1. The van der Waals surface area contributed by atoms with E-state index < -0.39 is 0 Å². The fourth-order valence-electron chi connectivity index (χ4n) is 1.50. The van der Waals surface area contributed by atoms with Crippen LogP contribution in [0.3, 0.4) is 0 Å². The Balaban J connectivity index is 2.16. The van der Waals surface area contributed by atoms with Crippen LogP contribution in [0.2, 0.25) is 0 Å². The molecule has 0 saturated carbocycles. The highest BCUT2D eigenvalue weighted by Crippen LogP contribution is 2.09. The Kier molecular flexibility index (Phi) is 6.53. The van der Waals surface area contributed by atoms with Crippen LogP contribution in [0.5, 0.6) is 0 Å². The lowest BCUT2D eigenvalue weighted by Gasteiger charge is -2.10. The van der Waals surface area contributed by atoms with E-state index in [-0.39, 0.29) is 0 Å². The van der Waals surface area contributed by atoms with Crippen LogP contribution in [0.25, 0.3) is 0 Å². The molecule has 1 atom stereocenters. The molecule has 0 amide bonds. The van der Waals surface area contributed by atoms with E-state index in [2.05, 4.69) is 31.2 Å². The van der Waals surface area contributed by atoms with Gasteiger partial charge in [-0.1, -0.05) is 37.3 Å². The Morgan fingerprint density at radius 1 is 1.20 bits per heavy atom. The number of nitrogens with two attached hydrogens (primary N) is 1. The zero-order chi connectivity index (χ0) is 10.9. The third kappa shape index (κ3) is 5.85. The van der Waals surface area contributed by atoms with Crippen molar-refractivity contribution in [2.24, 2.45) is 5.73 Å². The van der Waals surface area contributed by atoms with E-state index in [4.69, 9.17) is 5.73 Å². The second kappa shape index (κ2) is 7.77. The third-order valence-electron chi connectivity index (χ3n) is 2.32. The number of thioether (sulfide) groups is 1. The molecule has 0 saturated heterocycles. The molecule has 0 aliphatic rings. The van der Waals surface area contributed by atoms with Gasteiger partial charge in [0, 0.05) is 6.04 Å². The molecule has 0 radical (unpaired) electrons. The van der Waals surface area contributed by atoms with Crippen molar-refractivity contribution in [3.8, 4) is 0 Å². The van der Waals surface area contributed by atoms with Gasteiger partial charge in [-0.15, -0.1) is 0 Å². The lowest BCUT2D eigenvalue weighted by Crippen LogP contribution is -2.23. The average Bonchev–Trinajstić information content (AvgIpc) is 2.26. The summed E-state index contributed by atoms with van der Waals surface area (Å²) in [5.41, 5.74) is 7.43. The quantitative estimate of drug-likeness (QED) is 0.719. The highest BCUT2D eigenvalue weighted by molar-refractivity contribution is 7.99. The Hall–Kier alpha value is -0.470. The van der Waals surface area contributed by atoms with Crippen LogP contribution in [0.4, 0.5) is 0 Å². The molecule has 2 heteroatoms. The SMILES string of the molecule is CCCSCCC(N)Cc1ccccc1. The molecule has 84 valence electrons. The molecular formula is C13H21NS. The molecule has 2 N–H and O–H groups in total. The van der Waals surface area contributed by atoms with Gasteiger partial charge in [0.2, 0.25) is 0 Å². The molecular weight excluding hydrogens is 202 g/mol. The van der Waals surface area contributed by atoms with Crippen molar-refractivity contribution in [3.63, 3.8) is 0 Å². The Morgan fingerprint density at radius 3 is 2.60 bits per heavy atom. The largest absolute Gasteiger partial charge is 0.327 e. The predicted molar refractivity (Wildman–Crippen MR) is 70.4 cm³/mol. The molecule has 0 heterocycles. The zero-order valence-electron chi connectivity index (χ0n) is 9.49. The van der Waals surface area contributed by atoms with E-state index in [1.807, 2.05) is 17.8 Å². The van der Waals surface area contributed by atoms with E-state index >= 15 is 0 Å². The van der Waals surface area contributed by atoms with Crippen molar-refractivity contribution in [2.75, 3.05) is 11.5 Å². The van der Waals surface area contributed by atoms with Crippen LogP contribution >= 0.6 is 11.8 Å². The fourth-order valence-corrected chi connectivity index (χ4v) is 2.46. The molecule has 0 aliphatic carbocycles. The number of hydrogen-bond acceptors (Lipinski definition) is 2. The maximum Gasteiger partial charge on any atom is 0.00871 e. The zero-order valence-corrected chi connectivity index (χ0v) is 10.3. The third-order valence-corrected chi connectivity index (χ3v) is 3.54. The minimum absolute atomic E-state index is 0.316. The van der Waals surface area contributed by atoms with E-state index in [9.17, 15) is 0 Å². The van der Waals surface area contributed by atoms with Crippen LogP contribution in [-0.4, -0.2) is 17.5 Å². The first-order valence-corrected chi connectivity index (χ1v) is 6.85. The fraction of sp³-hybridized carbons (Fsp3) is 0.538. The first-order chi connectivity index (χ1) is 7.33. The van der Waals surface area contributed by atoms with E-state index in [1.54, 1.807) is 0 Å². The van der Waals surface area contributed by atoms with Crippen molar-refractivity contribution in [2.45, 2.75) is 32.2 Å². The van der Waals surface area contributed by atoms with Gasteiger partial charge in [-0.25, -0.2) is 0 Å². The summed E-state index contributed by atoms with van der Waals surface area (Å²) in [4.78, 5) is 0. The van der Waals surface area contributed by atoms with E-state index in [0.717, 1.165) is 12.8 Å². The summed E-state index contributed by atoms with van der Waals surface area (Å²) in [5, 5.41) is 0. The molecule has 1 aromatic carbocycles. The first-order valence-electron chi connectivity index (χ1n) is 5.70. The van der Waals surface area contributed by atoms with Crippen LogP contribution in [-0.2, 0) is 6.42 Å². The Labute approximate surface area is 97.4 Å². The number of benzene rings is 1. The van der Waals surface area contributed by atoms with Gasteiger partial charge in [0.15, 0.2) is 0 Å². The van der Waals surface area contributed by atoms with Crippen molar-refractivity contribution in [1.82, 2.24) is 0 Å². The van der Waals surface area contributed by atoms with E-state index in [1.165, 1.54) is 23.5 Å². The summed E-state index contributed by atoms with van der Waals surface area (Å²) in [5.74, 6) is 2.46. The van der Waals surface area contributed by atoms with Crippen molar-refractivity contribution in [1.29, 1.82) is 0 Å². The summed E-state index contributed by atoms with van der Waals surface area (Å²) in [6.45, 7) is 2.22. The molecule has 0 bridgehead atoms. The minimum Gasteiger partial charge on any atom is -0.327 e. The summed E-state index contributed by atoms with van der Waals surface area (Å²) in [6, 6.07) is 10.8. The van der Waals surface area contributed by atoms with Gasteiger partial charge in [-0.3, -0.25) is 0 Å². The van der Waals surface area contributed by atoms with Gasteiger partial charge >= 0.3 is 0 Å². The van der Waals surface area contributed by atoms with Crippen LogP contribution in [0.15, 0.2) is 30.3 Å². The molecule has 0 fully saturated rings. The maximum absolute atomic E-state index is 6.07. The van der Waals surface area contributed by atoms with Gasteiger partial charge in [-0.05, 0) is 36.3 Å². The van der Waals surface area contributed by atoms with Crippen molar-refractivity contribution >= 4 is 11.8 Å². The van der Waals surface area contributed by atoms with Crippen LogP contribution < -0.4 is 5.73 Å². The van der Waals surface area contributed by atoms with Gasteiger partial charge in [0.1, 0.15) is 0 Å². The molecule has 1 nitrogen and oxygen atoms in total. The molecule has 1 aromatic rings. The predicted octanol–water partition coefficient (Wildman–Crippen LogP) is 3.09. The monoisotopic (exact) mass is 223 g/mol. The van der Waals surface area contributed by atoms with Gasteiger partial charge in [-0.2, -0.15) is 11.8 Å². The normalized spacial score (nSPS) is 12.7. The van der Waals surface area contributed by atoms with E-state index in [0.29, 0.717) is 6.04 Å². The van der Waals surface area contributed by atoms with Crippen molar-refractivity contribution < 1.29 is 0 Å². The van der Waals surface area contributed by atoms with Crippen LogP contribution in [0, 0.1) is 0 Å². The minimum atomic E-state index is 0.316. The maximum atomic E-state index is 6.07. The van der Waals surface area contributed by atoms with Gasteiger partial charge < -0.3 is 5.73 Å². The topological polar surface area (TPSA) is 26.0 Å². The summed E-state index contributed by atoms with van der Waals surface area (Å²) in [6.07, 6.45) is 3.39. The highest BCUT2D eigenvalue weighted by atomic mass is 32.2. The number of rotatable bonds is 7. The molecule has 1 unspecified atom stereocenters. The second-order valence-corrected chi connectivity index (χ2v) is 5.08. The molecule has 0 aromatic heterocycles. The molecule has 15 heavy (non-hydrogen) atoms. The standard InChI is InChI=1S/C13H21NS/c1-2-9-15-10-8-13(14)11-12-6-4-3-5-7-12/h3-7,13H,2,8-11,14H2,1H3. The Morgan fingerprint density at radius 2 is 1.93 bits per heavy atom. The molecule has 0 spiro atoms. The van der Waals surface area contributed by atoms with Crippen LogP contribution in [0.1, 0.15) is 25.3 Å². The second-order valence-electron chi connectivity index (χ2n) is 3.85.